The van der Waals surface area contributed by atoms with Gasteiger partial charge < -0.3 is 19.9 Å². The van der Waals surface area contributed by atoms with E-state index in [9.17, 15) is 13.9 Å². The van der Waals surface area contributed by atoms with Crippen LogP contribution in [0.5, 0.6) is 11.5 Å². The lowest BCUT2D eigenvalue weighted by Gasteiger charge is -2.17. The third-order valence-electron chi connectivity index (χ3n) is 3.94. The van der Waals surface area contributed by atoms with Gasteiger partial charge in [0.1, 0.15) is 23.6 Å². The number of aliphatic hydroxyl groups excluding tert-OH is 1. The molecule has 1 atom stereocenters. The fraction of sp³-hybridized carbons (Fsp3) is 0.222. The molecule has 2 N–H and O–H groups in total. The van der Waals surface area contributed by atoms with E-state index in [1.807, 2.05) is 0 Å². The molecule has 2 aromatic carbocycles. The van der Waals surface area contributed by atoms with Crippen LogP contribution in [-0.4, -0.2) is 35.8 Å². The molecule has 0 fully saturated rings. The minimum atomic E-state index is -0.995. The van der Waals surface area contributed by atoms with E-state index in [0.29, 0.717) is 22.4 Å². The van der Waals surface area contributed by atoms with Crippen LogP contribution in [-0.2, 0) is 0 Å². The average Bonchev–Trinajstić information content (AvgIpc) is 2.66. The van der Waals surface area contributed by atoms with Crippen LogP contribution in [0.2, 0.25) is 0 Å². The standard InChI is InChI=1S/C18H17F2N3O3/c1-25-10-3-4-17(26-2)12(5-10)16(24)8-21-18-11-6-13(19)14(20)7-15(11)22-9-23-18/h3-7,9,16,24H,8H2,1-2H3,(H,21,22,23). The number of anilines is 1. The van der Waals surface area contributed by atoms with Gasteiger partial charge in [-0.05, 0) is 24.3 Å². The van der Waals surface area contributed by atoms with Crippen molar-refractivity contribution >= 4 is 16.7 Å². The zero-order valence-corrected chi connectivity index (χ0v) is 14.2. The minimum absolute atomic E-state index is 0.0641. The smallest absolute Gasteiger partial charge is 0.161 e. The van der Waals surface area contributed by atoms with E-state index in [1.54, 1.807) is 18.2 Å². The average molecular weight is 361 g/mol. The number of hydrogen-bond donors (Lipinski definition) is 2. The molecule has 26 heavy (non-hydrogen) atoms. The van der Waals surface area contributed by atoms with Gasteiger partial charge in [0.05, 0.1) is 25.8 Å². The molecule has 1 aromatic heterocycles. The zero-order valence-electron chi connectivity index (χ0n) is 14.2. The topological polar surface area (TPSA) is 76.5 Å². The highest BCUT2D eigenvalue weighted by Gasteiger charge is 2.16. The molecular formula is C18H17F2N3O3. The van der Waals surface area contributed by atoms with Crippen molar-refractivity contribution in [3.63, 3.8) is 0 Å². The first-order valence-electron chi connectivity index (χ1n) is 7.77. The number of hydrogen-bond acceptors (Lipinski definition) is 6. The van der Waals surface area contributed by atoms with E-state index in [2.05, 4.69) is 15.3 Å². The Bertz CT molecular complexity index is 937. The number of rotatable bonds is 6. The van der Waals surface area contributed by atoms with Crippen LogP contribution < -0.4 is 14.8 Å². The molecule has 0 aliphatic heterocycles. The molecule has 0 aliphatic carbocycles. The number of aliphatic hydroxyl groups is 1. The van der Waals surface area contributed by atoms with Crippen LogP contribution in [0.15, 0.2) is 36.7 Å². The summed E-state index contributed by atoms with van der Waals surface area (Å²) in [6.45, 7) is 0.0641. The molecule has 8 heteroatoms. The predicted octanol–water partition coefficient (Wildman–Crippen LogP) is 3.07. The van der Waals surface area contributed by atoms with E-state index in [-0.39, 0.29) is 17.9 Å². The molecule has 0 saturated carbocycles. The third-order valence-corrected chi connectivity index (χ3v) is 3.94. The van der Waals surface area contributed by atoms with Gasteiger partial charge in [0.15, 0.2) is 11.6 Å². The van der Waals surface area contributed by atoms with Crippen LogP contribution in [0, 0.1) is 11.6 Å². The summed E-state index contributed by atoms with van der Waals surface area (Å²) in [6, 6.07) is 7.09. The van der Waals surface area contributed by atoms with Gasteiger partial charge in [0.2, 0.25) is 0 Å². The number of halogens is 2. The van der Waals surface area contributed by atoms with Gasteiger partial charge in [-0.15, -0.1) is 0 Å². The maximum absolute atomic E-state index is 13.5. The fourth-order valence-corrected chi connectivity index (χ4v) is 2.60. The van der Waals surface area contributed by atoms with E-state index < -0.39 is 17.7 Å². The van der Waals surface area contributed by atoms with E-state index >= 15 is 0 Å². The normalized spacial score (nSPS) is 12.0. The zero-order chi connectivity index (χ0) is 18.7. The number of methoxy groups -OCH3 is 2. The number of aromatic nitrogens is 2. The highest BCUT2D eigenvalue weighted by molar-refractivity contribution is 5.88. The van der Waals surface area contributed by atoms with Crippen LogP contribution in [0.3, 0.4) is 0 Å². The largest absolute Gasteiger partial charge is 0.497 e. The van der Waals surface area contributed by atoms with Gasteiger partial charge in [-0.25, -0.2) is 18.7 Å². The second kappa shape index (κ2) is 7.49. The van der Waals surface area contributed by atoms with Crippen molar-refractivity contribution in [1.82, 2.24) is 9.97 Å². The molecule has 0 saturated heterocycles. The monoisotopic (exact) mass is 361 g/mol. The molecule has 3 aromatic rings. The summed E-state index contributed by atoms with van der Waals surface area (Å²) in [5, 5.41) is 13.8. The molecule has 0 amide bonds. The molecule has 0 bridgehead atoms. The van der Waals surface area contributed by atoms with Crippen molar-refractivity contribution in [1.29, 1.82) is 0 Å². The van der Waals surface area contributed by atoms with E-state index in [0.717, 1.165) is 12.1 Å². The lowest BCUT2D eigenvalue weighted by Crippen LogP contribution is -2.14. The summed E-state index contributed by atoms with van der Waals surface area (Å²) < 4.78 is 37.3. The lowest BCUT2D eigenvalue weighted by molar-refractivity contribution is 0.186. The number of nitrogens with one attached hydrogen (secondary N) is 1. The fourth-order valence-electron chi connectivity index (χ4n) is 2.60. The lowest BCUT2D eigenvalue weighted by atomic mass is 10.1. The molecule has 0 aliphatic rings. The van der Waals surface area contributed by atoms with Crippen molar-refractivity contribution in [3.05, 3.63) is 53.9 Å². The molecule has 0 radical (unpaired) electrons. The van der Waals surface area contributed by atoms with Crippen molar-refractivity contribution in [2.75, 3.05) is 26.1 Å². The Morgan fingerprint density at radius 3 is 2.58 bits per heavy atom. The first-order valence-corrected chi connectivity index (χ1v) is 7.77. The van der Waals surface area contributed by atoms with Crippen molar-refractivity contribution in [2.45, 2.75) is 6.10 Å². The summed E-state index contributed by atoms with van der Waals surface area (Å²) in [5.74, 6) is -0.617. The SMILES string of the molecule is COc1ccc(OC)c(C(O)CNc2ncnc3cc(F)c(F)cc23)c1. The van der Waals surface area contributed by atoms with Crippen molar-refractivity contribution in [2.24, 2.45) is 0 Å². The summed E-state index contributed by atoms with van der Waals surface area (Å²) in [4.78, 5) is 7.96. The molecule has 1 heterocycles. The summed E-state index contributed by atoms with van der Waals surface area (Å²) in [5.41, 5.74) is 0.782. The van der Waals surface area contributed by atoms with Gasteiger partial charge in [-0.1, -0.05) is 0 Å². The highest BCUT2D eigenvalue weighted by Crippen LogP contribution is 2.30. The van der Waals surface area contributed by atoms with Gasteiger partial charge in [-0.3, -0.25) is 0 Å². The molecule has 3 rings (SSSR count). The second-order valence-corrected chi connectivity index (χ2v) is 5.51. The quantitative estimate of drug-likeness (QED) is 0.703. The summed E-state index contributed by atoms with van der Waals surface area (Å²) in [7, 11) is 3.03. The van der Waals surface area contributed by atoms with Gasteiger partial charge in [0.25, 0.3) is 0 Å². The molecule has 0 spiro atoms. The Kier molecular flexibility index (Phi) is 5.13. The predicted molar refractivity (Wildman–Crippen MR) is 92.4 cm³/mol. The van der Waals surface area contributed by atoms with Gasteiger partial charge in [-0.2, -0.15) is 0 Å². The highest BCUT2D eigenvalue weighted by atomic mass is 19.2. The summed E-state index contributed by atoms with van der Waals surface area (Å²) in [6.07, 6.45) is 0.288. The second-order valence-electron chi connectivity index (χ2n) is 5.51. The van der Waals surface area contributed by atoms with Crippen molar-refractivity contribution < 1.29 is 23.4 Å². The first kappa shape index (κ1) is 17.8. The van der Waals surface area contributed by atoms with Crippen LogP contribution in [0.25, 0.3) is 10.9 Å². The Morgan fingerprint density at radius 1 is 1.08 bits per heavy atom. The molecule has 1 unspecified atom stereocenters. The molecule has 6 nitrogen and oxygen atoms in total. The van der Waals surface area contributed by atoms with Gasteiger partial charge >= 0.3 is 0 Å². The maximum Gasteiger partial charge on any atom is 0.161 e. The number of fused-ring (bicyclic) bond motifs is 1. The molecule has 136 valence electrons. The number of ether oxygens (including phenoxy) is 2. The van der Waals surface area contributed by atoms with Crippen molar-refractivity contribution in [3.8, 4) is 11.5 Å². The van der Waals surface area contributed by atoms with Crippen LogP contribution in [0.4, 0.5) is 14.6 Å². The Labute approximate surface area is 148 Å². The Balaban J connectivity index is 1.85. The van der Waals surface area contributed by atoms with E-state index in [4.69, 9.17) is 9.47 Å². The third kappa shape index (κ3) is 3.50. The van der Waals surface area contributed by atoms with Crippen LogP contribution in [0.1, 0.15) is 11.7 Å². The molecular weight excluding hydrogens is 344 g/mol. The van der Waals surface area contributed by atoms with Crippen LogP contribution >= 0.6 is 0 Å². The maximum atomic E-state index is 13.5. The number of nitrogens with zero attached hydrogens (tertiary/aromatic N) is 2. The summed E-state index contributed by atoms with van der Waals surface area (Å²) >= 11 is 0. The van der Waals surface area contributed by atoms with E-state index in [1.165, 1.54) is 20.5 Å². The van der Waals surface area contributed by atoms with Gasteiger partial charge in [0, 0.05) is 23.6 Å². The Morgan fingerprint density at radius 2 is 1.85 bits per heavy atom. The Hall–Kier alpha value is -3.00. The number of benzene rings is 2. The first-order chi connectivity index (χ1) is 12.5. The minimum Gasteiger partial charge on any atom is -0.497 e.